The number of aryl methyl sites for hydroxylation is 2. The van der Waals surface area contributed by atoms with E-state index in [1.807, 2.05) is 19.1 Å². The van der Waals surface area contributed by atoms with Gasteiger partial charge < -0.3 is 9.67 Å². The van der Waals surface area contributed by atoms with Crippen molar-refractivity contribution >= 4 is 23.6 Å². The van der Waals surface area contributed by atoms with Gasteiger partial charge >= 0.3 is 5.97 Å². The number of nitrogens with zero attached hydrogens (tertiary/aromatic N) is 1. The van der Waals surface area contributed by atoms with Gasteiger partial charge in [-0.15, -0.1) is 0 Å². The highest BCUT2D eigenvalue weighted by atomic mass is 35.5. The molecule has 0 unspecified atom stereocenters. The molecule has 1 N–H and O–H groups in total. The highest BCUT2D eigenvalue weighted by Crippen LogP contribution is 2.20. The molecule has 0 aliphatic heterocycles. The molecule has 1 heterocycles. The predicted octanol–water partition coefficient (Wildman–Crippen LogP) is 3.21. The van der Waals surface area contributed by atoms with E-state index in [2.05, 4.69) is 0 Å². The number of pyridine rings is 1. The van der Waals surface area contributed by atoms with E-state index in [1.165, 1.54) is 12.1 Å². The largest absolute Gasteiger partial charge is 0.478 e. The topological polar surface area (TPSA) is 59.3 Å². The minimum absolute atomic E-state index is 0.223. The molecule has 0 amide bonds. The number of rotatable bonds is 3. The van der Waals surface area contributed by atoms with Crippen LogP contribution in [-0.2, 0) is 4.79 Å². The van der Waals surface area contributed by atoms with Crippen LogP contribution in [0.1, 0.15) is 16.8 Å². The zero-order valence-corrected chi connectivity index (χ0v) is 12.4. The first-order valence-corrected chi connectivity index (χ1v) is 6.67. The van der Waals surface area contributed by atoms with Gasteiger partial charge in [0.25, 0.3) is 0 Å². The molecule has 0 saturated carbocycles. The SMILES string of the molecule is Cc1ccc(-n2cc(/C=C/C(=O)O)c(=O)cc2C)cc1Cl. The normalized spacial score (nSPS) is 11.0. The lowest BCUT2D eigenvalue weighted by molar-refractivity contribution is -0.131. The van der Waals surface area contributed by atoms with Gasteiger partial charge in [-0.05, 0) is 37.6 Å². The van der Waals surface area contributed by atoms with Gasteiger partial charge in [0.1, 0.15) is 0 Å². The van der Waals surface area contributed by atoms with Gasteiger partial charge in [-0.25, -0.2) is 4.79 Å². The monoisotopic (exact) mass is 303 g/mol. The minimum atomic E-state index is -1.10. The van der Waals surface area contributed by atoms with Gasteiger partial charge in [0, 0.05) is 40.3 Å². The molecule has 5 heteroatoms. The van der Waals surface area contributed by atoms with Crippen molar-refractivity contribution in [2.24, 2.45) is 0 Å². The fourth-order valence-electron chi connectivity index (χ4n) is 1.94. The lowest BCUT2D eigenvalue weighted by Gasteiger charge is -2.12. The van der Waals surface area contributed by atoms with Crippen LogP contribution in [0.4, 0.5) is 0 Å². The Balaban J connectivity index is 2.58. The number of aliphatic carboxylic acids is 1. The van der Waals surface area contributed by atoms with Crippen molar-refractivity contribution in [3.8, 4) is 5.69 Å². The van der Waals surface area contributed by atoms with Crippen molar-refractivity contribution in [2.75, 3.05) is 0 Å². The summed E-state index contributed by atoms with van der Waals surface area (Å²) in [7, 11) is 0. The number of hydrogen-bond acceptors (Lipinski definition) is 2. The lowest BCUT2D eigenvalue weighted by Crippen LogP contribution is -2.11. The second kappa shape index (κ2) is 5.97. The van der Waals surface area contributed by atoms with Crippen molar-refractivity contribution in [3.05, 3.63) is 68.6 Å². The summed E-state index contributed by atoms with van der Waals surface area (Å²) >= 11 is 6.12. The smallest absolute Gasteiger partial charge is 0.328 e. The highest BCUT2D eigenvalue weighted by molar-refractivity contribution is 6.31. The molecule has 2 rings (SSSR count). The Morgan fingerprint density at radius 3 is 2.62 bits per heavy atom. The highest BCUT2D eigenvalue weighted by Gasteiger charge is 2.06. The summed E-state index contributed by atoms with van der Waals surface area (Å²) in [5.41, 5.74) is 2.60. The summed E-state index contributed by atoms with van der Waals surface area (Å²) in [6.45, 7) is 3.71. The van der Waals surface area contributed by atoms with Crippen LogP contribution in [0, 0.1) is 13.8 Å². The van der Waals surface area contributed by atoms with E-state index >= 15 is 0 Å². The van der Waals surface area contributed by atoms with Crippen molar-refractivity contribution in [1.29, 1.82) is 0 Å². The molecule has 0 saturated heterocycles. The van der Waals surface area contributed by atoms with Gasteiger partial charge in [0.15, 0.2) is 5.43 Å². The van der Waals surface area contributed by atoms with Gasteiger partial charge in [-0.3, -0.25) is 4.79 Å². The maximum absolute atomic E-state index is 11.9. The summed E-state index contributed by atoms with van der Waals surface area (Å²) in [4.78, 5) is 22.4. The van der Waals surface area contributed by atoms with Crippen LogP contribution in [0.15, 0.2) is 41.3 Å². The first kappa shape index (κ1) is 15.1. The standard InChI is InChI=1S/C16H14ClNO3/c1-10-3-5-13(8-14(10)17)18-9-12(4-6-16(20)21)15(19)7-11(18)2/h3-9H,1-2H3,(H,20,21)/b6-4+. The van der Waals surface area contributed by atoms with Crippen molar-refractivity contribution in [1.82, 2.24) is 4.57 Å². The van der Waals surface area contributed by atoms with Crippen LogP contribution in [-0.4, -0.2) is 15.6 Å². The molecule has 0 bridgehead atoms. The fraction of sp³-hybridized carbons (Fsp3) is 0.125. The van der Waals surface area contributed by atoms with Crippen LogP contribution in [0.2, 0.25) is 5.02 Å². The van der Waals surface area contributed by atoms with Crippen molar-refractivity contribution in [2.45, 2.75) is 13.8 Å². The van der Waals surface area contributed by atoms with E-state index in [9.17, 15) is 9.59 Å². The Morgan fingerprint density at radius 1 is 1.29 bits per heavy atom. The fourth-order valence-corrected chi connectivity index (χ4v) is 2.12. The second-order valence-electron chi connectivity index (χ2n) is 4.71. The summed E-state index contributed by atoms with van der Waals surface area (Å²) in [5, 5.41) is 9.29. The molecule has 0 spiro atoms. The van der Waals surface area contributed by atoms with E-state index in [4.69, 9.17) is 16.7 Å². The van der Waals surface area contributed by atoms with Crippen LogP contribution < -0.4 is 5.43 Å². The Bertz CT molecular complexity index is 791. The average Bonchev–Trinajstić information content (AvgIpc) is 2.41. The maximum Gasteiger partial charge on any atom is 0.328 e. The molecule has 0 atom stereocenters. The summed E-state index contributed by atoms with van der Waals surface area (Å²) in [6, 6.07) is 7.06. The molecule has 108 valence electrons. The Morgan fingerprint density at radius 2 is 2.00 bits per heavy atom. The zero-order valence-electron chi connectivity index (χ0n) is 11.6. The Hall–Kier alpha value is -2.33. The molecule has 0 radical (unpaired) electrons. The van der Waals surface area contributed by atoms with Gasteiger partial charge in [0.2, 0.25) is 0 Å². The minimum Gasteiger partial charge on any atom is -0.478 e. The van der Waals surface area contributed by atoms with Crippen molar-refractivity contribution < 1.29 is 9.90 Å². The third-order valence-electron chi connectivity index (χ3n) is 3.11. The van der Waals surface area contributed by atoms with Crippen molar-refractivity contribution in [3.63, 3.8) is 0 Å². The van der Waals surface area contributed by atoms with E-state index in [0.717, 1.165) is 23.0 Å². The van der Waals surface area contributed by atoms with Crippen LogP contribution in [0.5, 0.6) is 0 Å². The summed E-state index contributed by atoms with van der Waals surface area (Å²) in [5.74, 6) is -1.10. The number of halogens is 1. The number of carboxylic acid groups (broad SMARTS) is 1. The molecule has 0 aliphatic rings. The molecular weight excluding hydrogens is 290 g/mol. The lowest BCUT2D eigenvalue weighted by atomic mass is 10.2. The van der Waals surface area contributed by atoms with Crippen LogP contribution in [0.25, 0.3) is 11.8 Å². The van der Waals surface area contributed by atoms with E-state index in [-0.39, 0.29) is 5.43 Å². The van der Waals surface area contributed by atoms with Gasteiger partial charge in [-0.1, -0.05) is 17.7 Å². The number of aromatic nitrogens is 1. The average molecular weight is 304 g/mol. The number of carbonyl (C=O) groups is 1. The number of carboxylic acids is 1. The summed E-state index contributed by atoms with van der Waals surface area (Å²) < 4.78 is 1.80. The predicted molar refractivity (Wildman–Crippen MR) is 83.2 cm³/mol. The third kappa shape index (κ3) is 3.41. The molecule has 2 aromatic rings. The van der Waals surface area contributed by atoms with Gasteiger partial charge in [-0.2, -0.15) is 0 Å². The molecule has 4 nitrogen and oxygen atoms in total. The summed E-state index contributed by atoms with van der Waals surface area (Å²) in [6.07, 6.45) is 3.84. The molecule has 1 aromatic carbocycles. The quantitative estimate of drug-likeness (QED) is 0.886. The third-order valence-corrected chi connectivity index (χ3v) is 3.52. The Labute approximate surface area is 126 Å². The first-order valence-electron chi connectivity index (χ1n) is 6.29. The molecule has 0 aliphatic carbocycles. The maximum atomic E-state index is 11.9. The first-order chi connectivity index (χ1) is 9.88. The van der Waals surface area contributed by atoms with E-state index in [1.54, 1.807) is 23.8 Å². The number of benzene rings is 1. The molecule has 21 heavy (non-hydrogen) atoms. The Kier molecular flexibility index (Phi) is 4.29. The second-order valence-corrected chi connectivity index (χ2v) is 5.12. The van der Waals surface area contributed by atoms with Crippen LogP contribution in [0.3, 0.4) is 0 Å². The molecular formula is C16H14ClNO3. The molecule has 1 aromatic heterocycles. The van der Waals surface area contributed by atoms with E-state index in [0.29, 0.717) is 10.6 Å². The molecule has 0 fully saturated rings. The zero-order chi connectivity index (χ0) is 15.6. The number of hydrogen-bond donors (Lipinski definition) is 1. The van der Waals surface area contributed by atoms with Crippen LogP contribution >= 0.6 is 11.6 Å². The van der Waals surface area contributed by atoms with Gasteiger partial charge in [0.05, 0.1) is 0 Å². The van der Waals surface area contributed by atoms with E-state index < -0.39 is 5.97 Å².